The van der Waals surface area contributed by atoms with Crippen molar-refractivity contribution in [2.45, 2.75) is 64.7 Å². The van der Waals surface area contributed by atoms with Gasteiger partial charge in [-0.3, -0.25) is 0 Å². The van der Waals surface area contributed by atoms with Crippen LogP contribution in [0, 0.1) is 0 Å². The fraction of sp³-hybridized carbons (Fsp3) is 0.647. The number of rotatable bonds is 6. The molecule has 3 heteroatoms. The summed E-state index contributed by atoms with van der Waals surface area (Å²) in [6.45, 7) is 6.94. The van der Waals surface area contributed by atoms with Crippen molar-refractivity contribution in [2.75, 3.05) is 6.54 Å². The summed E-state index contributed by atoms with van der Waals surface area (Å²) < 4.78 is 5.95. The van der Waals surface area contributed by atoms with E-state index in [9.17, 15) is 5.11 Å². The molecule has 3 nitrogen and oxygen atoms in total. The van der Waals surface area contributed by atoms with E-state index in [1.807, 2.05) is 13.0 Å². The molecule has 0 saturated heterocycles. The molecule has 112 valence electrons. The summed E-state index contributed by atoms with van der Waals surface area (Å²) in [6.07, 6.45) is 3.98. The molecule has 0 saturated carbocycles. The predicted molar refractivity (Wildman–Crippen MR) is 82.2 cm³/mol. The average Bonchev–Trinajstić information content (AvgIpc) is 2.45. The lowest BCUT2D eigenvalue weighted by Gasteiger charge is -2.29. The summed E-state index contributed by atoms with van der Waals surface area (Å²) in [7, 11) is 0. The van der Waals surface area contributed by atoms with E-state index < -0.39 is 6.10 Å². The lowest BCUT2D eigenvalue weighted by Crippen LogP contribution is -2.28. The normalized spacial score (nSPS) is 21.1. The van der Waals surface area contributed by atoms with E-state index in [0.717, 1.165) is 25.1 Å². The summed E-state index contributed by atoms with van der Waals surface area (Å²) in [4.78, 5) is 0. The molecule has 2 rings (SSSR count). The minimum absolute atomic E-state index is 0.175. The van der Waals surface area contributed by atoms with Crippen LogP contribution in [0.1, 0.15) is 57.2 Å². The van der Waals surface area contributed by atoms with Crippen molar-refractivity contribution in [1.29, 1.82) is 0 Å². The van der Waals surface area contributed by atoms with Gasteiger partial charge < -0.3 is 15.2 Å². The molecule has 20 heavy (non-hydrogen) atoms. The molecule has 1 aliphatic rings. The molecule has 2 N–H and O–H groups in total. The van der Waals surface area contributed by atoms with Crippen LogP contribution >= 0.6 is 0 Å². The second kappa shape index (κ2) is 7.09. The highest BCUT2D eigenvalue weighted by Crippen LogP contribution is 2.35. The fourth-order valence-electron chi connectivity index (χ4n) is 2.75. The standard InChI is InChI=1S/C17H27NO2/c1-4-11-18-16-9-5-8-15-14(16)7-6-10-17(15)20-13(3)12(2)19/h6-7,10,12-13,16,18-19H,4-5,8-9,11H2,1-3H3. The Labute approximate surface area is 122 Å². The molecule has 0 radical (unpaired) electrons. The van der Waals surface area contributed by atoms with Gasteiger partial charge in [0.2, 0.25) is 0 Å². The van der Waals surface area contributed by atoms with Crippen molar-refractivity contribution >= 4 is 0 Å². The predicted octanol–water partition coefficient (Wildman–Crippen LogP) is 3.21. The zero-order valence-corrected chi connectivity index (χ0v) is 12.9. The van der Waals surface area contributed by atoms with Crippen LogP contribution in [0.3, 0.4) is 0 Å². The Balaban J connectivity index is 2.20. The second-order valence-corrected chi connectivity index (χ2v) is 5.79. The molecule has 0 aliphatic heterocycles. The molecule has 3 atom stereocenters. The minimum atomic E-state index is -0.455. The molecule has 1 aromatic rings. The van der Waals surface area contributed by atoms with Crippen LogP contribution in [-0.2, 0) is 6.42 Å². The van der Waals surface area contributed by atoms with Gasteiger partial charge in [0.25, 0.3) is 0 Å². The molecule has 1 aliphatic carbocycles. The Kier molecular flexibility index (Phi) is 5.44. The summed E-state index contributed by atoms with van der Waals surface area (Å²) in [5, 5.41) is 13.2. The Morgan fingerprint density at radius 3 is 2.90 bits per heavy atom. The number of aliphatic hydroxyl groups excluding tert-OH is 1. The molecule has 0 fully saturated rings. The monoisotopic (exact) mass is 277 g/mol. The number of benzene rings is 1. The number of nitrogens with one attached hydrogen (secondary N) is 1. The van der Waals surface area contributed by atoms with Crippen LogP contribution in [0.25, 0.3) is 0 Å². The van der Waals surface area contributed by atoms with Crippen molar-refractivity contribution in [2.24, 2.45) is 0 Å². The lowest BCUT2D eigenvalue weighted by molar-refractivity contribution is 0.0596. The van der Waals surface area contributed by atoms with Gasteiger partial charge in [0.05, 0.1) is 6.10 Å². The molecule has 0 bridgehead atoms. The number of fused-ring (bicyclic) bond motifs is 1. The second-order valence-electron chi connectivity index (χ2n) is 5.79. The maximum absolute atomic E-state index is 9.62. The van der Waals surface area contributed by atoms with Gasteiger partial charge in [0.15, 0.2) is 0 Å². The van der Waals surface area contributed by atoms with E-state index in [-0.39, 0.29) is 6.10 Å². The Hall–Kier alpha value is -1.06. The molecular weight excluding hydrogens is 250 g/mol. The van der Waals surface area contributed by atoms with Crippen molar-refractivity contribution in [1.82, 2.24) is 5.32 Å². The Morgan fingerprint density at radius 1 is 1.40 bits per heavy atom. The van der Waals surface area contributed by atoms with Crippen LogP contribution in [0.5, 0.6) is 5.75 Å². The summed E-state index contributed by atoms with van der Waals surface area (Å²) in [5.74, 6) is 0.943. The summed E-state index contributed by atoms with van der Waals surface area (Å²) >= 11 is 0. The first-order chi connectivity index (χ1) is 9.63. The zero-order chi connectivity index (χ0) is 14.5. The van der Waals surface area contributed by atoms with Gasteiger partial charge >= 0.3 is 0 Å². The SMILES string of the molecule is CCCNC1CCCc2c(OC(C)C(C)O)cccc21. The first-order valence-corrected chi connectivity index (χ1v) is 7.83. The maximum atomic E-state index is 9.62. The zero-order valence-electron chi connectivity index (χ0n) is 12.9. The molecule has 0 aromatic heterocycles. The van der Waals surface area contributed by atoms with Gasteiger partial charge in [0, 0.05) is 6.04 Å². The van der Waals surface area contributed by atoms with Crippen molar-refractivity contribution < 1.29 is 9.84 Å². The highest BCUT2D eigenvalue weighted by molar-refractivity contribution is 5.43. The molecule has 0 heterocycles. The summed E-state index contributed by atoms with van der Waals surface area (Å²) in [5.41, 5.74) is 2.69. The average molecular weight is 277 g/mol. The molecule has 3 unspecified atom stereocenters. The van der Waals surface area contributed by atoms with Crippen LogP contribution < -0.4 is 10.1 Å². The Bertz CT molecular complexity index is 431. The van der Waals surface area contributed by atoms with Crippen LogP contribution in [0.2, 0.25) is 0 Å². The minimum Gasteiger partial charge on any atom is -0.488 e. The number of hydrogen-bond donors (Lipinski definition) is 2. The summed E-state index contributed by atoms with van der Waals surface area (Å²) in [6, 6.07) is 6.75. The van der Waals surface area contributed by atoms with E-state index in [4.69, 9.17) is 4.74 Å². The quantitative estimate of drug-likeness (QED) is 0.839. The Morgan fingerprint density at radius 2 is 2.20 bits per heavy atom. The maximum Gasteiger partial charge on any atom is 0.123 e. The van der Waals surface area contributed by atoms with Gasteiger partial charge in [0.1, 0.15) is 11.9 Å². The topological polar surface area (TPSA) is 41.5 Å². The first-order valence-electron chi connectivity index (χ1n) is 7.83. The van der Waals surface area contributed by atoms with Gasteiger partial charge in [-0.15, -0.1) is 0 Å². The third-order valence-electron chi connectivity index (χ3n) is 4.10. The van der Waals surface area contributed by atoms with E-state index in [2.05, 4.69) is 24.4 Å². The molecule has 1 aromatic carbocycles. The number of hydrogen-bond acceptors (Lipinski definition) is 3. The number of ether oxygens (including phenoxy) is 1. The number of aliphatic hydroxyl groups is 1. The smallest absolute Gasteiger partial charge is 0.123 e. The van der Waals surface area contributed by atoms with Gasteiger partial charge in [-0.25, -0.2) is 0 Å². The highest BCUT2D eigenvalue weighted by Gasteiger charge is 2.23. The third-order valence-corrected chi connectivity index (χ3v) is 4.10. The van der Waals surface area contributed by atoms with Crippen LogP contribution in [0.15, 0.2) is 18.2 Å². The van der Waals surface area contributed by atoms with Crippen molar-refractivity contribution in [3.63, 3.8) is 0 Å². The first kappa shape index (κ1) is 15.3. The van der Waals surface area contributed by atoms with Gasteiger partial charge in [-0.05, 0) is 63.3 Å². The van der Waals surface area contributed by atoms with E-state index in [1.54, 1.807) is 6.92 Å². The molecule has 0 amide bonds. The van der Waals surface area contributed by atoms with E-state index in [0.29, 0.717) is 6.04 Å². The fourth-order valence-corrected chi connectivity index (χ4v) is 2.75. The van der Waals surface area contributed by atoms with Crippen molar-refractivity contribution in [3.05, 3.63) is 29.3 Å². The molecule has 0 spiro atoms. The highest BCUT2D eigenvalue weighted by atomic mass is 16.5. The van der Waals surface area contributed by atoms with Gasteiger partial charge in [-0.2, -0.15) is 0 Å². The van der Waals surface area contributed by atoms with E-state index in [1.165, 1.54) is 24.0 Å². The van der Waals surface area contributed by atoms with Crippen LogP contribution in [-0.4, -0.2) is 23.9 Å². The van der Waals surface area contributed by atoms with E-state index >= 15 is 0 Å². The molecular formula is C17H27NO2. The largest absolute Gasteiger partial charge is 0.488 e. The van der Waals surface area contributed by atoms with Crippen LogP contribution in [0.4, 0.5) is 0 Å². The van der Waals surface area contributed by atoms with Gasteiger partial charge in [-0.1, -0.05) is 19.1 Å². The lowest BCUT2D eigenvalue weighted by atomic mass is 9.87. The third kappa shape index (κ3) is 3.53. The van der Waals surface area contributed by atoms with Crippen molar-refractivity contribution in [3.8, 4) is 5.75 Å².